The predicted molar refractivity (Wildman–Crippen MR) is 59.3 cm³/mol. The first-order valence-electron chi connectivity index (χ1n) is 5.32. The van der Waals surface area contributed by atoms with Gasteiger partial charge in [-0.05, 0) is 13.8 Å². The highest BCUT2D eigenvalue weighted by atomic mass is 16.5. The van der Waals surface area contributed by atoms with Gasteiger partial charge in [-0.25, -0.2) is 4.98 Å². The average Bonchev–Trinajstić information content (AvgIpc) is 2.23. The third kappa shape index (κ3) is 2.92. The summed E-state index contributed by atoms with van der Waals surface area (Å²) in [5.74, 6) is 0.234. The molecule has 0 atom stereocenters. The number of hydrogen-bond acceptors (Lipinski definition) is 4. The molecule has 0 amide bonds. The van der Waals surface area contributed by atoms with Gasteiger partial charge in [-0.3, -0.25) is 9.59 Å². The second-order valence-electron chi connectivity index (χ2n) is 3.41. The number of carbonyl (C=O) groups excluding carboxylic acids is 1. The van der Waals surface area contributed by atoms with Crippen LogP contribution in [0.2, 0.25) is 0 Å². The van der Waals surface area contributed by atoms with Crippen molar-refractivity contribution >= 4 is 5.97 Å². The summed E-state index contributed by atoms with van der Waals surface area (Å²) in [6.07, 6.45) is 0.641. The van der Waals surface area contributed by atoms with E-state index in [1.807, 2.05) is 6.92 Å². The number of aromatic amines is 1. The summed E-state index contributed by atoms with van der Waals surface area (Å²) in [7, 11) is 0. The molecule has 1 aromatic rings. The smallest absolute Gasteiger partial charge is 0.310 e. The van der Waals surface area contributed by atoms with Gasteiger partial charge in [0.2, 0.25) is 0 Å². The number of ether oxygens (including phenoxy) is 1. The number of H-pyrrole nitrogens is 1. The lowest BCUT2D eigenvalue weighted by atomic mass is 10.1. The largest absolute Gasteiger partial charge is 0.466 e. The van der Waals surface area contributed by atoms with Gasteiger partial charge >= 0.3 is 5.97 Å². The zero-order valence-electron chi connectivity index (χ0n) is 9.79. The molecule has 5 nitrogen and oxygen atoms in total. The monoisotopic (exact) mass is 224 g/mol. The molecule has 0 spiro atoms. The van der Waals surface area contributed by atoms with Gasteiger partial charge in [-0.1, -0.05) is 6.92 Å². The summed E-state index contributed by atoms with van der Waals surface area (Å²) >= 11 is 0. The first-order valence-corrected chi connectivity index (χ1v) is 5.32. The Kier molecular flexibility index (Phi) is 4.22. The number of aromatic nitrogens is 2. The van der Waals surface area contributed by atoms with Crippen LogP contribution < -0.4 is 5.56 Å². The van der Waals surface area contributed by atoms with Crippen molar-refractivity contribution in [2.45, 2.75) is 33.6 Å². The van der Waals surface area contributed by atoms with Crippen molar-refractivity contribution in [3.05, 3.63) is 27.4 Å². The van der Waals surface area contributed by atoms with E-state index in [9.17, 15) is 9.59 Å². The Balaban J connectivity index is 2.97. The van der Waals surface area contributed by atoms with Gasteiger partial charge in [0.15, 0.2) is 0 Å². The van der Waals surface area contributed by atoms with E-state index in [1.54, 1.807) is 13.8 Å². The fourth-order valence-corrected chi connectivity index (χ4v) is 1.40. The number of esters is 1. The molecule has 1 heterocycles. The van der Waals surface area contributed by atoms with Crippen LogP contribution in [0.3, 0.4) is 0 Å². The molecule has 1 aromatic heterocycles. The number of nitrogens with one attached hydrogen (secondary N) is 1. The van der Waals surface area contributed by atoms with Crippen LogP contribution in [-0.2, 0) is 22.4 Å². The lowest BCUT2D eigenvalue weighted by Crippen LogP contribution is -2.22. The van der Waals surface area contributed by atoms with Gasteiger partial charge in [-0.2, -0.15) is 0 Å². The number of hydrogen-bond donors (Lipinski definition) is 1. The van der Waals surface area contributed by atoms with E-state index < -0.39 is 5.97 Å². The minimum absolute atomic E-state index is 0.0218. The van der Waals surface area contributed by atoms with Crippen molar-refractivity contribution < 1.29 is 9.53 Å². The van der Waals surface area contributed by atoms with E-state index in [1.165, 1.54) is 0 Å². The summed E-state index contributed by atoms with van der Waals surface area (Å²) in [6, 6.07) is 0. The lowest BCUT2D eigenvalue weighted by Gasteiger charge is -2.05. The van der Waals surface area contributed by atoms with Gasteiger partial charge in [0.25, 0.3) is 5.56 Å². The lowest BCUT2D eigenvalue weighted by molar-refractivity contribution is -0.142. The van der Waals surface area contributed by atoms with E-state index in [0.717, 1.165) is 0 Å². The molecule has 5 heteroatoms. The second kappa shape index (κ2) is 5.44. The topological polar surface area (TPSA) is 72.0 Å². The molecule has 0 aliphatic rings. The highest BCUT2D eigenvalue weighted by Crippen LogP contribution is 2.02. The molecule has 0 radical (unpaired) electrons. The Morgan fingerprint density at radius 3 is 2.62 bits per heavy atom. The van der Waals surface area contributed by atoms with Gasteiger partial charge in [0.05, 0.1) is 13.0 Å². The van der Waals surface area contributed by atoms with Crippen LogP contribution in [0.25, 0.3) is 0 Å². The zero-order chi connectivity index (χ0) is 12.1. The highest BCUT2D eigenvalue weighted by Gasteiger charge is 2.12. The molecule has 0 aliphatic heterocycles. The predicted octanol–water partition coefficient (Wildman–Crippen LogP) is 0.746. The molecule has 1 rings (SSSR count). The SMILES string of the molecule is CCOC(=O)Cc1c(C)nc(CC)[nH]c1=O. The maximum atomic E-state index is 11.7. The quantitative estimate of drug-likeness (QED) is 0.766. The standard InChI is InChI=1S/C11H16N2O3/c1-4-9-12-7(3)8(11(15)13-9)6-10(14)16-5-2/h4-6H2,1-3H3,(H,12,13,15). The molecule has 0 aromatic carbocycles. The summed E-state index contributed by atoms with van der Waals surface area (Å²) in [5, 5.41) is 0. The first-order chi connectivity index (χ1) is 7.58. The molecular formula is C11H16N2O3. The number of rotatable bonds is 4. The summed E-state index contributed by atoms with van der Waals surface area (Å²) < 4.78 is 4.79. The summed E-state index contributed by atoms with van der Waals surface area (Å²) in [6.45, 7) is 5.68. The molecule has 0 unspecified atom stereocenters. The van der Waals surface area contributed by atoms with Gasteiger partial charge < -0.3 is 9.72 Å². The first kappa shape index (κ1) is 12.4. The molecule has 0 saturated carbocycles. The van der Waals surface area contributed by atoms with Crippen LogP contribution in [0.4, 0.5) is 0 Å². The van der Waals surface area contributed by atoms with E-state index >= 15 is 0 Å². The minimum Gasteiger partial charge on any atom is -0.466 e. The maximum absolute atomic E-state index is 11.7. The highest BCUT2D eigenvalue weighted by molar-refractivity contribution is 5.72. The number of nitrogens with zero attached hydrogens (tertiary/aromatic N) is 1. The van der Waals surface area contributed by atoms with Gasteiger partial charge in [0, 0.05) is 17.7 Å². The maximum Gasteiger partial charge on any atom is 0.310 e. The molecule has 16 heavy (non-hydrogen) atoms. The third-order valence-corrected chi connectivity index (χ3v) is 2.23. The minimum atomic E-state index is -0.401. The zero-order valence-corrected chi connectivity index (χ0v) is 9.79. The van der Waals surface area contributed by atoms with E-state index in [-0.39, 0.29) is 12.0 Å². The summed E-state index contributed by atoms with van der Waals surface area (Å²) in [4.78, 5) is 29.8. The van der Waals surface area contributed by atoms with Crippen LogP contribution in [0.1, 0.15) is 30.9 Å². The molecule has 1 N–H and O–H groups in total. The van der Waals surface area contributed by atoms with Gasteiger partial charge in [-0.15, -0.1) is 0 Å². The average molecular weight is 224 g/mol. The third-order valence-electron chi connectivity index (χ3n) is 2.23. The van der Waals surface area contributed by atoms with Crippen molar-refractivity contribution in [2.75, 3.05) is 6.61 Å². The molecule has 88 valence electrons. The Morgan fingerprint density at radius 2 is 2.12 bits per heavy atom. The van der Waals surface area contributed by atoms with E-state index in [2.05, 4.69) is 9.97 Å². The van der Waals surface area contributed by atoms with Crippen LogP contribution in [0, 0.1) is 6.92 Å². The normalized spacial score (nSPS) is 10.2. The Hall–Kier alpha value is -1.65. The molecular weight excluding hydrogens is 208 g/mol. The molecule has 0 saturated heterocycles. The van der Waals surface area contributed by atoms with Gasteiger partial charge in [0.1, 0.15) is 5.82 Å². The molecule has 0 fully saturated rings. The fraction of sp³-hybridized carbons (Fsp3) is 0.545. The molecule has 0 aliphatic carbocycles. The van der Waals surface area contributed by atoms with Crippen molar-refractivity contribution in [1.82, 2.24) is 9.97 Å². The summed E-state index contributed by atoms with van der Waals surface area (Å²) in [5.41, 5.74) is 0.724. The Morgan fingerprint density at radius 1 is 1.44 bits per heavy atom. The van der Waals surface area contributed by atoms with Crippen LogP contribution in [-0.4, -0.2) is 22.5 Å². The molecule has 0 bridgehead atoms. The number of carbonyl (C=O) groups is 1. The van der Waals surface area contributed by atoms with Crippen LogP contribution in [0.5, 0.6) is 0 Å². The second-order valence-corrected chi connectivity index (χ2v) is 3.41. The Bertz CT molecular complexity index is 437. The van der Waals surface area contributed by atoms with Crippen LogP contribution >= 0.6 is 0 Å². The van der Waals surface area contributed by atoms with Crippen molar-refractivity contribution in [3.63, 3.8) is 0 Å². The van der Waals surface area contributed by atoms with E-state index in [4.69, 9.17) is 4.74 Å². The number of aryl methyl sites for hydroxylation is 2. The fourth-order valence-electron chi connectivity index (χ4n) is 1.40. The van der Waals surface area contributed by atoms with E-state index in [0.29, 0.717) is 30.1 Å². The van der Waals surface area contributed by atoms with Crippen molar-refractivity contribution in [3.8, 4) is 0 Å². The van der Waals surface area contributed by atoms with Crippen molar-refractivity contribution in [1.29, 1.82) is 0 Å². The van der Waals surface area contributed by atoms with Crippen LogP contribution in [0.15, 0.2) is 4.79 Å². The van der Waals surface area contributed by atoms with Crippen molar-refractivity contribution in [2.24, 2.45) is 0 Å². The Labute approximate surface area is 93.9 Å².